The van der Waals surface area contributed by atoms with Crippen molar-refractivity contribution in [2.24, 2.45) is 0 Å². The van der Waals surface area contributed by atoms with Gasteiger partial charge in [0.25, 0.3) is 0 Å². The van der Waals surface area contributed by atoms with E-state index in [1.54, 1.807) is 13.0 Å². The first-order chi connectivity index (χ1) is 5.66. The highest BCUT2D eigenvalue weighted by atomic mass is 16.4. The van der Waals surface area contributed by atoms with Crippen LogP contribution in [0.4, 0.5) is 0 Å². The Morgan fingerprint density at radius 3 is 2.83 bits per heavy atom. The molecule has 3 nitrogen and oxygen atoms in total. The summed E-state index contributed by atoms with van der Waals surface area (Å²) in [6.45, 7) is 3.67. The maximum atomic E-state index is 11.2. The van der Waals surface area contributed by atoms with E-state index >= 15 is 0 Å². The average molecular weight is 163 g/mol. The third kappa shape index (κ3) is 0.942. The molecule has 2 heterocycles. The summed E-state index contributed by atoms with van der Waals surface area (Å²) in [7, 11) is 0. The van der Waals surface area contributed by atoms with Gasteiger partial charge in [-0.1, -0.05) is 0 Å². The molecule has 0 aliphatic heterocycles. The van der Waals surface area contributed by atoms with Crippen molar-refractivity contribution in [3.05, 3.63) is 34.0 Å². The molecule has 0 unspecified atom stereocenters. The summed E-state index contributed by atoms with van der Waals surface area (Å²) >= 11 is 0. The Hall–Kier alpha value is -1.51. The molecular formula is C9H9NO2. The minimum Gasteiger partial charge on any atom is -0.428 e. The molecule has 2 rings (SSSR count). The maximum absolute atomic E-state index is 11.2. The Labute approximate surface area is 69.0 Å². The molecule has 1 N–H and O–H groups in total. The molecular weight excluding hydrogens is 154 g/mol. The lowest BCUT2D eigenvalue weighted by Gasteiger charge is -1.89. The lowest BCUT2D eigenvalue weighted by molar-refractivity contribution is 0.488. The Morgan fingerprint density at radius 2 is 2.08 bits per heavy atom. The van der Waals surface area contributed by atoms with Crippen LogP contribution in [0.3, 0.4) is 0 Å². The summed E-state index contributed by atoms with van der Waals surface area (Å²) in [6, 6.07) is 3.62. The topological polar surface area (TPSA) is 46.0 Å². The SMILES string of the molecule is Cc1cc2c(=O)oc(C)cc2[nH]1. The average Bonchev–Trinajstić information content (AvgIpc) is 2.29. The van der Waals surface area contributed by atoms with E-state index in [0.717, 1.165) is 11.2 Å². The fraction of sp³-hybridized carbons (Fsp3) is 0.222. The van der Waals surface area contributed by atoms with Crippen molar-refractivity contribution >= 4 is 10.9 Å². The molecule has 0 spiro atoms. The highest BCUT2D eigenvalue weighted by molar-refractivity contribution is 5.78. The van der Waals surface area contributed by atoms with Crippen LogP contribution in [0.25, 0.3) is 10.9 Å². The number of H-pyrrole nitrogens is 1. The number of nitrogens with one attached hydrogen (secondary N) is 1. The molecule has 0 aromatic carbocycles. The van der Waals surface area contributed by atoms with E-state index in [0.29, 0.717) is 11.1 Å². The van der Waals surface area contributed by atoms with Gasteiger partial charge in [0.05, 0.1) is 10.9 Å². The third-order valence-electron chi connectivity index (χ3n) is 1.80. The van der Waals surface area contributed by atoms with Gasteiger partial charge in [0.1, 0.15) is 5.76 Å². The van der Waals surface area contributed by atoms with Crippen LogP contribution in [0.2, 0.25) is 0 Å². The fourth-order valence-electron chi connectivity index (χ4n) is 1.33. The van der Waals surface area contributed by atoms with Crippen LogP contribution < -0.4 is 5.63 Å². The molecule has 12 heavy (non-hydrogen) atoms. The van der Waals surface area contributed by atoms with Crippen molar-refractivity contribution in [1.82, 2.24) is 4.98 Å². The van der Waals surface area contributed by atoms with Crippen LogP contribution in [-0.4, -0.2) is 4.98 Å². The molecule has 0 bridgehead atoms. The monoisotopic (exact) mass is 163 g/mol. The van der Waals surface area contributed by atoms with Gasteiger partial charge >= 0.3 is 5.63 Å². The predicted molar refractivity (Wildman–Crippen MR) is 46.3 cm³/mol. The van der Waals surface area contributed by atoms with Crippen molar-refractivity contribution in [2.45, 2.75) is 13.8 Å². The highest BCUT2D eigenvalue weighted by Gasteiger charge is 2.03. The molecule has 0 aliphatic rings. The number of aromatic amines is 1. The van der Waals surface area contributed by atoms with Crippen molar-refractivity contribution in [3.63, 3.8) is 0 Å². The molecule has 0 aliphatic carbocycles. The Balaban J connectivity index is 2.98. The van der Waals surface area contributed by atoms with Gasteiger partial charge in [-0.2, -0.15) is 0 Å². The summed E-state index contributed by atoms with van der Waals surface area (Å²) in [5.41, 5.74) is 1.55. The Morgan fingerprint density at radius 1 is 1.33 bits per heavy atom. The quantitative estimate of drug-likeness (QED) is 0.643. The van der Waals surface area contributed by atoms with E-state index < -0.39 is 0 Å². The number of fused-ring (bicyclic) bond motifs is 1. The zero-order chi connectivity index (χ0) is 8.72. The molecule has 3 heteroatoms. The molecule has 2 aromatic rings. The molecule has 0 saturated heterocycles. The van der Waals surface area contributed by atoms with Crippen LogP contribution in [0.5, 0.6) is 0 Å². The largest absolute Gasteiger partial charge is 0.428 e. The summed E-state index contributed by atoms with van der Waals surface area (Å²) < 4.78 is 4.93. The molecule has 2 aromatic heterocycles. The van der Waals surface area contributed by atoms with Gasteiger partial charge in [-0.25, -0.2) is 4.79 Å². The summed E-state index contributed by atoms with van der Waals surface area (Å²) in [5, 5.41) is 0.623. The van der Waals surface area contributed by atoms with E-state index in [9.17, 15) is 4.79 Å². The molecule has 0 fully saturated rings. The summed E-state index contributed by atoms with van der Waals surface area (Å²) in [6.07, 6.45) is 0. The lowest BCUT2D eigenvalue weighted by Crippen LogP contribution is -1.97. The second kappa shape index (κ2) is 2.24. The highest BCUT2D eigenvalue weighted by Crippen LogP contribution is 2.11. The first-order valence-electron chi connectivity index (χ1n) is 3.77. The number of hydrogen-bond donors (Lipinski definition) is 1. The number of rotatable bonds is 0. The Bertz CT molecular complexity index is 479. The van der Waals surface area contributed by atoms with Crippen LogP contribution >= 0.6 is 0 Å². The van der Waals surface area contributed by atoms with E-state index in [-0.39, 0.29) is 5.63 Å². The van der Waals surface area contributed by atoms with Gasteiger partial charge in [0.2, 0.25) is 0 Å². The molecule has 0 atom stereocenters. The van der Waals surface area contributed by atoms with Gasteiger partial charge < -0.3 is 9.40 Å². The standard InChI is InChI=1S/C9H9NO2/c1-5-3-7-8(10-5)4-6(2)12-9(7)11/h3-4,10H,1-2H3. The molecule has 0 saturated carbocycles. The first kappa shape index (κ1) is 7.16. The minimum absolute atomic E-state index is 0.269. The third-order valence-corrected chi connectivity index (χ3v) is 1.80. The number of aromatic nitrogens is 1. The zero-order valence-electron chi connectivity index (χ0n) is 6.97. The normalized spacial score (nSPS) is 10.8. The molecule has 0 radical (unpaired) electrons. The van der Waals surface area contributed by atoms with E-state index in [2.05, 4.69) is 4.98 Å². The van der Waals surface area contributed by atoms with Crippen molar-refractivity contribution < 1.29 is 4.42 Å². The van der Waals surface area contributed by atoms with Crippen molar-refractivity contribution in [1.29, 1.82) is 0 Å². The first-order valence-corrected chi connectivity index (χ1v) is 3.77. The van der Waals surface area contributed by atoms with Crippen LogP contribution in [0.1, 0.15) is 11.5 Å². The van der Waals surface area contributed by atoms with Gasteiger partial charge in [-0.3, -0.25) is 0 Å². The maximum Gasteiger partial charge on any atom is 0.345 e. The second-order valence-corrected chi connectivity index (χ2v) is 2.92. The van der Waals surface area contributed by atoms with Crippen molar-refractivity contribution in [2.75, 3.05) is 0 Å². The van der Waals surface area contributed by atoms with Crippen molar-refractivity contribution in [3.8, 4) is 0 Å². The number of aryl methyl sites for hydroxylation is 2. The molecule has 0 amide bonds. The van der Waals surface area contributed by atoms with Gasteiger partial charge in [-0.05, 0) is 19.9 Å². The van der Waals surface area contributed by atoms with E-state index in [1.165, 1.54) is 0 Å². The van der Waals surface area contributed by atoms with E-state index in [4.69, 9.17) is 4.42 Å². The summed E-state index contributed by atoms with van der Waals surface area (Å²) in [4.78, 5) is 14.3. The van der Waals surface area contributed by atoms with Gasteiger partial charge in [-0.15, -0.1) is 0 Å². The summed E-state index contributed by atoms with van der Waals surface area (Å²) in [5.74, 6) is 0.634. The van der Waals surface area contributed by atoms with E-state index in [1.807, 2.05) is 13.0 Å². The zero-order valence-corrected chi connectivity index (χ0v) is 6.97. The van der Waals surface area contributed by atoms with Crippen LogP contribution in [-0.2, 0) is 0 Å². The Kier molecular flexibility index (Phi) is 1.33. The smallest absolute Gasteiger partial charge is 0.345 e. The van der Waals surface area contributed by atoms with Crippen LogP contribution in [0, 0.1) is 13.8 Å². The van der Waals surface area contributed by atoms with Crippen LogP contribution in [0.15, 0.2) is 21.3 Å². The second-order valence-electron chi connectivity index (χ2n) is 2.92. The molecule has 62 valence electrons. The lowest BCUT2D eigenvalue weighted by atomic mass is 10.3. The fourth-order valence-corrected chi connectivity index (χ4v) is 1.33. The number of hydrogen-bond acceptors (Lipinski definition) is 2. The van der Waals surface area contributed by atoms with Gasteiger partial charge in [0, 0.05) is 11.8 Å². The predicted octanol–water partition coefficient (Wildman–Crippen LogP) is 1.74. The minimum atomic E-state index is -0.269. The van der Waals surface area contributed by atoms with Gasteiger partial charge in [0.15, 0.2) is 0 Å².